The van der Waals surface area contributed by atoms with E-state index in [1.165, 1.54) is 4.57 Å². The minimum atomic E-state index is -0.478. The van der Waals surface area contributed by atoms with Crippen LogP contribution in [0.2, 0.25) is 0 Å². The van der Waals surface area contributed by atoms with Gasteiger partial charge in [-0.05, 0) is 109 Å². The van der Waals surface area contributed by atoms with Gasteiger partial charge < -0.3 is 29.9 Å². The zero-order chi connectivity index (χ0) is 42.5. The average molecular weight is 809 g/mol. The van der Waals surface area contributed by atoms with E-state index in [4.69, 9.17) is 4.74 Å². The Labute approximate surface area is 348 Å². The molecule has 0 radical (unpaired) electrons. The number of fused-ring (bicyclic) bond motifs is 1. The number of benzene rings is 4. The number of aromatic amines is 2. The Bertz CT molecular complexity index is 2680. The zero-order valence-corrected chi connectivity index (χ0v) is 34.8. The number of ether oxygens (including phenoxy) is 1. The second-order valence-corrected chi connectivity index (χ2v) is 15.4. The fraction of sp³-hybridized carbons (Fsp3) is 0.277. The van der Waals surface area contributed by atoms with E-state index < -0.39 is 18.0 Å². The smallest absolute Gasteiger partial charge is 0.351 e. The lowest BCUT2D eigenvalue weighted by molar-refractivity contribution is -0.0245. The highest BCUT2D eigenvalue weighted by molar-refractivity contribution is 5.97. The van der Waals surface area contributed by atoms with Gasteiger partial charge in [-0.25, -0.2) is 4.79 Å². The maximum atomic E-state index is 13.3. The van der Waals surface area contributed by atoms with Crippen molar-refractivity contribution in [2.45, 2.75) is 45.1 Å². The minimum Gasteiger partial charge on any atom is -0.394 e. The first-order valence-electron chi connectivity index (χ1n) is 20.1. The summed E-state index contributed by atoms with van der Waals surface area (Å²) in [7, 11) is 8.03. The molecule has 6 aromatic rings. The van der Waals surface area contributed by atoms with E-state index in [9.17, 15) is 19.5 Å². The maximum absolute atomic E-state index is 13.3. The van der Waals surface area contributed by atoms with Gasteiger partial charge in [0.2, 0.25) is 0 Å². The molecule has 3 heterocycles. The molecule has 310 valence electrons. The summed E-state index contributed by atoms with van der Waals surface area (Å²) in [5.74, 6) is 0.400. The van der Waals surface area contributed by atoms with Gasteiger partial charge >= 0.3 is 5.69 Å². The first-order chi connectivity index (χ1) is 28.9. The van der Waals surface area contributed by atoms with Crippen molar-refractivity contribution in [3.05, 3.63) is 163 Å². The van der Waals surface area contributed by atoms with Crippen molar-refractivity contribution < 1.29 is 9.84 Å². The summed E-state index contributed by atoms with van der Waals surface area (Å²) in [5.41, 5.74) is 7.07. The van der Waals surface area contributed by atoms with E-state index in [-0.39, 0.29) is 23.8 Å². The second kappa shape index (κ2) is 18.1. The van der Waals surface area contributed by atoms with Crippen molar-refractivity contribution in [2.24, 2.45) is 0 Å². The molecular formula is C47H52N8O5. The molecular weight excluding hydrogens is 757 g/mol. The Kier molecular flexibility index (Phi) is 12.5. The van der Waals surface area contributed by atoms with Gasteiger partial charge in [0.1, 0.15) is 12.0 Å². The monoisotopic (exact) mass is 808 g/mol. The number of aromatic nitrogens is 4. The highest BCUT2D eigenvalue weighted by Crippen LogP contribution is 2.34. The first kappa shape index (κ1) is 41.5. The number of nitrogens with one attached hydrogen (secondary N) is 3. The Balaban J connectivity index is 1.30. The van der Waals surface area contributed by atoms with Crippen LogP contribution in [-0.2, 0) is 4.74 Å². The summed E-state index contributed by atoms with van der Waals surface area (Å²) in [6, 6.07) is 29.8. The molecule has 0 aliphatic carbocycles. The molecule has 1 unspecified atom stereocenters. The lowest BCUT2D eigenvalue weighted by Gasteiger charge is -2.25. The third kappa shape index (κ3) is 8.97. The topological polar surface area (TPSA) is 152 Å². The summed E-state index contributed by atoms with van der Waals surface area (Å²) >= 11 is 0. The fourth-order valence-corrected chi connectivity index (χ4v) is 7.62. The third-order valence-corrected chi connectivity index (χ3v) is 10.9. The predicted molar refractivity (Wildman–Crippen MR) is 243 cm³/mol. The van der Waals surface area contributed by atoms with Crippen LogP contribution < -0.4 is 36.8 Å². The number of H-pyrrole nitrogens is 2. The molecule has 0 amide bonds. The molecule has 1 aliphatic rings. The van der Waals surface area contributed by atoms with Crippen molar-refractivity contribution in [2.75, 3.05) is 61.4 Å². The lowest BCUT2D eigenvalue weighted by Crippen LogP contribution is -2.29. The van der Waals surface area contributed by atoms with E-state index in [1.54, 1.807) is 12.3 Å². The minimum absolute atomic E-state index is 0.0936. The fourth-order valence-electron chi connectivity index (χ4n) is 7.62. The number of aryl methyl sites for hydroxylation is 1. The molecule has 7 rings (SSSR count). The van der Waals surface area contributed by atoms with E-state index >= 15 is 0 Å². The Morgan fingerprint density at radius 1 is 0.833 bits per heavy atom. The van der Waals surface area contributed by atoms with Gasteiger partial charge in [-0.1, -0.05) is 54.6 Å². The maximum Gasteiger partial charge on any atom is 0.351 e. The van der Waals surface area contributed by atoms with Crippen molar-refractivity contribution in [3.8, 4) is 0 Å². The van der Waals surface area contributed by atoms with Gasteiger partial charge in [-0.15, -0.1) is 0 Å². The largest absolute Gasteiger partial charge is 0.394 e. The highest BCUT2D eigenvalue weighted by Gasteiger charge is 2.27. The van der Waals surface area contributed by atoms with E-state index in [2.05, 4.69) is 97.0 Å². The Morgan fingerprint density at radius 3 is 2.00 bits per heavy atom. The number of aliphatic hydroxyl groups excluding tert-OH is 1. The van der Waals surface area contributed by atoms with Gasteiger partial charge in [0.15, 0.2) is 0 Å². The van der Waals surface area contributed by atoms with Crippen molar-refractivity contribution in [3.63, 3.8) is 0 Å². The van der Waals surface area contributed by atoms with Crippen LogP contribution >= 0.6 is 0 Å². The van der Waals surface area contributed by atoms with Crippen LogP contribution in [0.1, 0.15) is 48.2 Å². The number of nitrogens with zero attached hydrogens (tertiary/aromatic N) is 5. The normalized spacial score (nSPS) is 16.0. The number of anilines is 5. The van der Waals surface area contributed by atoms with Gasteiger partial charge in [0.05, 0.1) is 35.2 Å². The molecule has 60 heavy (non-hydrogen) atoms. The molecule has 2 aromatic heterocycles. The Morgan fingerprint density at radius 2 is 1.43 bits per heavy atom. The molecule has 1 fully saturated rings. The quantitative estimate of drug-likeness (QED) is 0.0940. The van der Waals surface area contributed by atoms with Crippen LogP contribution in [0, 0.1) is 6.92 Å². The predicted octanol–water partition coefficient (Wildman–Crippen LogP) is 6.67. The lowest BCUT2D eigenvalue weighted by atomic mass is 9.94. The van der Waals surface area contributed by atoms with Crippen molar-refractivity contribution in [1.82, 2.24) is 19.7 Å². The molecule has 4 aromatic carbocycles. The van der Waals surface area contributed by atoms with Crippen LogP contribution in [0.4, 0.5) is 28.6 Å². The first-order valence-corrected chi connectivity index (χ1v) is 20.1. The van der Waals surface area contributed by atoms with Crippen LogP contribution in [0.25, 0.3) is 22.4 Å². The van der Waals surface area contributed by atoms with Crippen LogP contribution in [0.5, 0.6) is 0 Å². The molecule has 1 aliphatic heterocycles. The highest BCUT2D eigenvalue weighted by atomic mass is 16.5. The van der Waals surface area contributed by atoms with Gasteiger partial charge in [-0.2, -0.15) is 4.98 Å². The van der Waals surface area contributed by atoms with Gasteiger partial charge in [0.25, 0.3) is 11.1 Å². The number of aliphatic hydroxyl groups is 1. The summed E-state index contributed by atoms with van der Waals surface area (Å²) in [4.78, 5) is 49.9. The number of hydrogen-bond donors (Lipinski definition) is 4. The molecule has 13 heteroatoms. The molecule has 0 saturated carbocycles. The summed E-state index contributed by atoms with van der Waals surface area (Å²) in [6.07, 6.45) is 8.41. The van der Waals surface area contributed by atoms with Crippen molar-refractivity contribution >= 4 is 51.0 Å². The standard InChI is InChI=1S/C47H52N8O5/c1-7-54(40-24-8-30(2)43-44(40)46(58)51-50-45(43)57)37-21-14-33(15-22-37)39(32-12-19-36(20-13-32)53(5)6)28-34(16-9-31-10-17-35(18-11-31)52(3)4)48-41-26-27-55(47(59)49-41)42-25-23-38(29-56)60-42/h8-22,24,26-28,34,38,42,56H,7,23,25,29H2,1-6H3,(H,50,57)(H,51,58)(H,48,49,59)/b16-9+,39-28?/t34?,38-,42+/m0/s1. The molecule has 4 N–H and O–H groups in total. The molecule has 0 bridgehead atoms. The average Bonchev–Trinajstić information content (AvgIpc) is 3.73. The number of hydrogen-bond acceptors (Lipinski definition) is 10. The molecule has 3 atom stereocenters. The molecule has 13 nitrogen and oxygen atoms in total. The summed E-state index contributed by atoms with van der Waals surface area (Å²) in [5, 5.41) is 18.7. The Hall–Kier alpha value is -6.70. The summed E-state index contributed by atoms with van der Waals surface area (Å²) in [6.45, 7) is 4.29. The second-order valence-electron chi connectivity index (χ2n) is 15.4. The van der Waals surface area contributed by atoms with Crippen molar-refractivity contribution in [1.29, 1.82) is 0 Å². The van der Waals surface area contributed by atoms with E-state index in [0.717, 1.165) is 44.9 Å². The van der Waals surface area contributed by atoms with Crippen LogP contribution in [0.3, 0.4) is 0 Å². The van der Waals surface area contributed by atoms with E-state index in [0.29, 0.717) is 41.7 Å². The number of rotatable bonds is 14. The molecule has 0 spiro atoms. The van der Waals surface area contributed by atoms with Crippen LogP contribution in [0.15, 0.2) is 124 Å². The van der Waals surface area contributed by atoms with Gasteiger partial charge in [0, 0.05) is 58.0 Å². The third-order valence-electron chi connectivity index (χ3n) is 10.9. The van der Waals surface area contributed by atoms with Crippen LogP contribution in [-0.4, -0.2) is 78.3 Å². The van der Waals surface area contributed by atoms with Gasteiger partial charge in [-0.3, -0.25) is 24.4 Å². The SMILES string of the molecule is CCN(c1ccc(C(=CC(/C=C/c2ccc(N(C)C)cc2)Nc2ccn([C@H]3CC[C@@H](CO)O3)c(=O)n2)c2ccc(N(C)C)cc2)cc1)c1ccc(C)c2c(=O)[nH][nH]c(=O)c12. The molecule has 1 saturated heterocycles. The summed E-state index contributed by atoms with van der Waals surface area (Å²) < 4.78 is 7.34. The van der Waals surface area contributed by atoms with E-state index in [1.807, 2.05) is 83.4 Å². The zero-order valence-electron chi connectivity index (χ0n) is 34.8.